The third-order valence-electron chi connectivity index (χ3n) is 6.35. The second-order valence-electron chi connectivity index (χ2n) is 8.66. The molecule has 2 aliphatic rings. The maximum absolute atomic E-state index is 13.8. The summed E-state index contributed by atoms with van der Waals surface area (Å²) >= 11 is 0. The number of methoxy groups -OCH3 is 2. The standard InChI is InChI=1S/C25H28N2O8S/c1-31-22-11-16-10-17(25(28)26-20(16)13-23(22)32-2)14-27(15-18-4-3-7-33-18)36(29,30)19-5-6-21-24(12-19)35-9-8-34-21/h5-6,10-13,18H,3-4,7-9,14-15H2,1-2H3,(H,26,28). The Hall–Kier alpha value is -3.28. The molecule has 5 rings (SSSR count). The molecule has 192 valence electrons. The zero-order chi connectivity index (χ0) is 25.3. The molecule has 0 spiro atoms. The molecule has 36 heavy (non-hydrogen) atoms. The zero-order valence-electron chi connectivity index (χ0n) is 20.1. The molecule has 3 heterocycles. The number of H-pyrrole nitrogens is 1. The quantitative estimate of drug-likeness (QED) is 0.486. The van der Waals surface area contributed by atoms with Gasteiger partial charge in [0.1, 0.15) is 13.2 Å². The molecular formula is C25H28N2O8S. The first kappa shape index (κ1) is 24.4. The van der Waals surface area contributed by atoms with E-state index in [4.69, 9.17) is 23.7 Å². The van der Waals surface area contributed by atoms with Crippen LogP contribution in [0.25, 0.3) is 10.9 Å². The van der Waals surface area contributed by atoms with Gasteiger partial charge in [0, 0.05) is 42.8 Å². The number of hydrogen-bond acceptors (Lipinski definition) is 8. The van der Waals surface area contributed by atoms with Gasteiger partial charge in [-0.3, -0.25) is 4.79 Å². The van der Waals surface area contributed by atoms with E-state index in [-0.39, 0.29) is 29.6 Å². The van der Waals surface area contributed by atoms with Crippen molar-refractivity contribution in [2.45, 2.75) is 30.4 Å². The summed E-state index contributed by atoms with van der Waals surface area (Å²) in [6.45, 7) is 1.33. The largest absolute Gasteiger partial charge is 0.493 e. The summed E-state index contributed by atoms with van der Waals surface area (Å²) in [7, 11) is -0.950. The molecule has 1 aromatic heterocycles. The molecule has 2 aliphatic heterocycles. The first-order chi connectivity index (χ1) is 17.4. The summed E-state index contributed by atoms with van der Waals surface area (Å²) in [6, 6.07) is 9.65. The van der Waals surface area contributed by atoms with Crippen molar-refractivity contribution in [1.29, 1.82) is 0 Å². The molecule has 0 bridgehead atoms. The lowest BCUT2D eigenvalue weighted by Gasteiger charge is -2.26. The first-order valence-corrected chi connectivity index (χ1v) is 13.1. The van der Waals surface area contributed by atoms with Gasteiger partial charge in [-0.05, 0) is 37.1 Å². The Bertz CT molecular complexity index is 1430. The Morgan fingerprint density at radius 3 is 2.47 bits per heavy atom. The Morgan fingerprint density at radius 2 is 1.75 bits per heavy atom. The van der Waals surface area contributed by atoms with E-state index >= 15 is 0 Å². The maximum Gasteiger partial charge on any atom is 0.252 e. The Morgan fingerprint density at radius 1 is 1.00 bits per heavy atom. The Kier molecular flexibility index (Phi) is 6.78. The highest BCUT2D eigenvalue weighted by Gasteiger charge is 2.31. The third-order valence-corrected chi connectivity index (χ3v) is 8.16. The van der Waals surface area contributed by atoms with Crippen LogP contribution in [0.2, 0.25) is 0 Å². The van der Waals surface area contributed by atoms with Crippen molar-refractivity contribution >= 4 is 20.9 Å². The third kappa shape index (κ3) is 4.73. The second-order valence-corrected chi connectivity index (χ2v) is 10.6. The molecule has 11 heteroatoms. The number of fused-ring (bicyclic) bond motifs is 2. The topological polar surface area (TPSA) is 116 Å². The Labute approximate surface area is 208 Å². The molecule has 1 saturated heterocycles. The van der Waals surface area contributed by atoms with Crippen molar-refractivity contribution < 1.29 is 32.1 Å². The summed E-state index contributed by atoms with van der Waals surface area (Å²) in [5, 5.41) is 0.691. The predicted octanol–water partition coefficient (Wildman–Crippen LogP) is 2.69. The van der Waals surface area contributed by atoms with Gasteiger partial charge in [-0.1, -0.05) is 0 Å². The van der Waals surface area contributed by atoms with Gasteiger partial charge < -0.3 is 28.7 Å². The van der Waals surface area contributed by atoms with Crippen molar-refractivity contribution in [2.24, 2.45) is 0 Å². The van der Waals surface area contributed by atoms with E-state index < -0.39 is 10.0 Å². The van der Waals surface area contributed by atoms with Crippen molar-refractivity contribution in [2.75, 3.05) is 40.6 Å². The SMILES string of the molecule is COc1cc2cc(CN(CC3CCCO3)S(=O)(=O)c3ccc4c(c3)OCCO4)c(=O)[nH]c2cc1OC. The average Bonchev–Trinajstić information content (AvgIpc) is 3.41. The average molecular weight is 517 g/mol. The number of benzene rings is 2. The van der Waals surface area contributed by atoms with Gasteiger partial charge >= 0.3 is 0 Å². The van der Waals surface area contributed by atoms with Crippen LogP contribution in [0.5, 0.6) is 23.0 Å². The van der Waals surface area contributed by atoms with E-state index in [0.29, 0.717) is 59.3 Å². The fraction of sp³-hybridized carbons (Fsp3) is 0.400. The number of nitrogens with zero attached hydrogens (tertiary/aromatic N) is 1. The number of sulfonamides is 1. The molecule has 0 saturated carbocycles. The summed E-state index contributed by atoms with van der Waals surface area (Å²) in [5.74, 6) is 1.86. The van der Waals surface area contributed by atoms with E-state index in [1.807, 2.05) is 0 Å². The Balaban J connectivity index is 1.53. The van der Waals surface area contributed by atoms with Gasteiger partial charge in [0.2, 0.25) is 10.0 Å². The number of nitrogens with one attached hydrogen (secondary N) is 1. The van der Waals surface area contributed by atoms with Crippen molar-refractivity contribution in [1.82, 2.24) is 9.29 Å². The zero-order valence-corrected chi connectivity index (χ0v) is 20.9. The molecule has 1 N–H and O–H groups in total. The van der Waals surface area contributed by atoms with Crippen molar-refractivity contribution in [3.63, 3.8) is 0 Å². The smallest absolute Gasteiger partial charge is 0.252 e. The van der Waals surface area contributed by atoms with E-state index in [2.05, 4.69) is 4.98 Å². The molecule has 1 fully saturated rings. The van der Waals surface area contributed by atoms with E-state index in [9.17, 15) is 13.2 Å². The van der Waals surface area contributed by atoms with Crippen LogP contribution in [0, 0.1) is 0 Å². The van der Waals surface area contributed by atoms with E-state index in [1.165, 1.54) is 30.7 Å². The minimum Gasteiger partial charge on any atom is -0.493 e. The summed E-state index contributed by atoms with van der Waals surface area (Å²) in [4.78, 5) is 15.9. The minimum absolute atomic E-state index is 0.0633. The normalized spacial score (nSPS) is 17.5. The van der Waals surface area contributed by atoms with Gasteiger partial charge in [0.15, 0.2) is 23.0 Å². The number of hydrogen-bond donors (Lipinski definition) is 1. The molecule has 10 nitrogen and oxygen atoms in total. The number of aromatic amines is 1. The second kappa shape index (κ2) is 10.00. The highest BCUT2D eigenvalue weighted by Crippen LogP contribution is 2.34. The minimum atomic E-state index is -3.99. The van der Waals surface area contributed by atoms with Crippen LogP contribution >= 0.6 is 0 Å². The fourth-order valence-corrected chi connectivity index (χ4v) is 5.95. The van der Waals surface area contributed by atoms with Gasteiger partial charge in [0.05, 0.1) is 30.7 Å². The van der Waals surface area contributed by atoms with Crippen LogP contribution in [0.1, 0.15) is 18.4 Å². The van der Waals surface area contributed by atoms with E-state index in [1.54, 1.807) is 24.3 Å². The molecule has 1 atom stereocenters. The molecular weight excluding hydrogens is 488 g/mol. The first-order valence-electron chi connectivity index (χ1n) is 11.7. The lowest BCUT2D eigenvalue weighted by Crippen LogP contribution is -2.38. The molecule has 1 unspecified atom stereocenters. The van der Waals surface area contributed by atoms with Gasteiger partial charge in [0.25, 0.3) is 5.56 Å². The maximum atomic E-state index is 13.8. The molecule has 0 amide bonds. The van der Waals surface area contributed by atoms with Crippen LogP contribution in [0.4, 0.5) is 0 Å². The van der Waals surface area contributed by atoms with Crippen molar-refractivity contribution in [3.05, 3.63) is 52.3 Å². The van der Waals surface area contributed by atoms with Gasteiger partial charge in [-0.25, -0.2) is 8.42 Å². The summed E-state index contributed by atoms with van der Waals surface area (Å²) in [5.41, 5.74) is 0.472. The van der Waals surface area contributed by atoms with Crippen LogP contribution in [-0.2, 0) is 21.3 Å². The number of pyridine rings is 1. The van der Waals surface area contributed by atoms with Crippen LogP contribution in [0.3, 0.4) is 0 Å². The molecule has 3 aromatic rings. The highest BCUT2D eigenvalue weighted by molar-refractivity contribution is 7.89. The molecule has 0 radical (unpaired) electrons. The summed E-state index contributed by atoms with van der Waals surface area (Å²) in [6.07, 6.45) is 1.36. The monoisotopic (exact) mass is 516 g/mol. The molecule has 2 aromatic carbocycles. The predicted molar refractivity (Wildman–Crippen MR) is 132 cm³/mol. The van der Waals surface area contributed by atoms with Crippen LogP contribution < -0.4 is 24.5 Å². The van der Waals surface area contributed by atoms with Gasteiger partial charge in [-0.15, -0.1) is 0 Å². The van der Waals surface area contributed by atoms with E-state index in [0.717, 1.165) is 12.8 Å². The number of rotatable bonds is 8. The number of ether oxygens (including phenoxy) is 5. The molecule has 0 aliphatic carbocycles. The van der Waals surface area contributed by atoms with Crippen LogP contribution in [0.15, 0.2) is 46.1 Å². The lowest BCUT2D eigenvalue weighted by atomic mass is 10.1. The van der Waals surface area contributed by atoms with Gasteiger partial charge in [-0.2, -0.15) is 4.31 Å². The summed E-state index contributed by atoms with van der Waals surface area (Å²) < 4.78 is 56.4. The number of aromatic nitrogens is 1. The van der Waals surface area contributed by atoms with Crippen LogP contribution in [-0.4, -0.2) is 64.4 Å². The fourth-order valence-electron chi connectivity index (χ4n) is 4.48. The van der Waals surface area contributed by atoms with Crippen molar-refractivity contribution in [3.8, 4) is 23.0 Å². The lowest BCUT2D eigenvalue weighted by molar-refractivity contribution is 0.0925. The highest BCUT2D eigenvalue weighted by atomic mass is 32.2.